The van der Waals surface area contributed by atoms with Gasteiger partial charge in [-0.25, -0.2) is 0 Å². The minimum absolute atomic E-state index is 0.0193. The van der Waals surface area contributed by atoms with Gasteiger partial charge in [0, 0.05) is 25.6 Å². The van der Waals surface area contributed by atoms with Crippen molar-refractivity contribution in [3.63, 3.8) is 0 Å². The molecule has 5 heteroatoms. The molecule has 5 nitrogen and oxygen atoms in total. The first kappa shape index (κ1) is 17.0. The van der Waals surface area contributed by atoms with Gasteiger partial charge in [0.15, 0.2) is 6.61 Å². The molecule has 1 amide bonds. The number of nitrogens with zero attached hydrogens (tertiary/aromatic N) is 2. The number of hydrogen-bond acceptors (Lipinski definition) is 4. The average Bonchev–Trinajstić information content (AvgIpc) is 2.96. The lowest BCUT2D eigenvalue weighted by atomic mass is 10.1. The van der Waals surface area contributed by atoms with Crippen LogP contribution in [0.3, 0.4) is 0 Å². The molecule has 1 saturated carbocycles. The van der Waals surface area contributed by atoms with Crippen molar-refractivity contribution in [2.45, 2.75) is 25.4 Å². The van der Waals surface area contributed by atoms with Crippen LogP contribution in [-0.4, -0.2) is 42.2 Å². The van der Waals surface area contributed by atoms with Crippen molar-refractivity contribution in [2.24, 2.45) is 5.92 Å². The van der Waals surface area contributed by atoms with E-state index in [1.807, 2.05) is 18.2 Å². The molecule has 1 fully saturated rings. The molecule has 0 spiro atoms. The Morgan fingerprint density at radius 3 is 2.78 bits per heavy atom. The summed E-state index contributed by atoms with van der Waals surface area (Å²) in [6.45, 7) is 0.608. The molecule has 0 bridgehead atoms. The average molecular weight is 314 g/mol. The largest absolute Gasteiger partial charge is 0.479 e. The van der Waals surface area contributed by atoms with Crippen molar-refractivity contribution < 1.29 is 14.6 Å². The number of ether oxygens (including phenoxy) is 1. The summed E-state index contributed by atoms with van der Waals surface area (Å²) in [5, 5.41) is 18.3. The zero-order valence-electron chi connectivity index (χ0n) is 13.3. The van der Waals surface area contributed by atoms with Crippen molar-refractivity contribution in [1.29, 1.82) is 5.26 Å². The second-order valence-corrected chi connectivity index (χ2v) is 5.83. The summed E-state index contributed by atoms with van der Waals surface area (Å²) in [5.41, 5.74) is 0.886. The normalized spacial score (nSPS) is 20.4. The van der Waals surface area contributed by atoms with Crippen LogP contribution < -0.4 is 4.74 Å². The fraction of sp³-hybridized carbons (Fsp3) is 0.444. The summed E-state index contributed by atoms with van der Waals surface area (Å²) in [7, 11) is 1.76. The Balaban J connectivity index is 1.86. The summed E-state index contributed by atoms with van der Waals surface area (Å²) in [5.74, 6) is 0.741. The number of hydrogen-bond donors (Lipinski definition) is 1. The number of aliphatic hydroxyl groups is 1. The summed E-state index contributed by atoms with van der Waals surface area (Å²) >= 11 is 0. The molecule has 2 rings (SSSR count). The van der Waals surface area contributed by atoms with E-state index in [4.69, 9.17) is 10.00 Å². The van der Waals surface area contributed by atoms with Gasteiger partial charge in [-0.05, 0) is 36.6 Å². The predicted molar refractivity (Wildman–Crippen MR) is 87.6 cm³/mol. The summed E-state index contributed by atoms with van der Waals surface area (Å²) in [4.78, 5) is 13.8. The van der Waals surface area contributed by atoms with Crippen LogP contribution in [0.1, 0.15) is 24.8 Å². The maximum absolute atomic E-state index is 12.1. The van der Waals surface area contributed by atoms with E-state index in [1.54, 1.807) is 30.2 Å². The number of likely N-dealkylation sites (N-methyl/N-ethyl adjacent to an activating group) is 1. The standard InChI is InChI=1S/C18H22N2O3/c1-20(13-15-3-2-4-17(15)21)18(22)10-7-14-5-8-16(9-6-14)23-12-11-19/h5-10,15,17,21H,2-4,12-13H2,1H3/b10-7+. The van der Waals surface area contributed by atoms with Crippen molar-refractivity contribution >= 4 is 12.0 Å². The maximum Gasteiger partial charge on any atom is 0.246 e. The van der Waals surface area contributed by atoms with Gasteiger partial charge >= 0.3 is 0 Å². The Morgan fingerprint density at radius 1 is 1.43 bits per heavy atom. The van der Waals surface area contributed by atoms with Crippen LogP contribution in [0.15, 0.2) is 30.3 Å². The monoisotopic (exact) mass is 314 g/mol. The third-order valence-corrected chi connectivity index (χ3v) is 4.11. The van der Waals surface area contributed by atoms with Crippen LogP contribution in [-0.2, 0) is 4.79 Å². The minimum atomic E-state index is -0.282. The number of benzene rings is 1. The lowest BCUT2D eigenvalue weighted by Crippen LogP contribution is -2.33. The van der Waals surface area contributed by atoms with Crippen molar-refractivity contribution in [3.05, 3.63) is 35.9 Å². The molecular weight excluding hydrogens is 292 g/mol. The molecule has 0 aliphatic heterocycles. The lowest BCUT2D eigenvalue weighted by molar-refractivity contribution is -0.125. The Bertz CT molecular complexity index is 589. The van der Waals surface area contributed by atoms with Gasteiger partial charge < -0.3 is 14.7 Å². The quantitative estimate of drug-likeness (QED) is 0.817. The number of carbonyl (C=O) groups is 1. The van der Waals surface area contributed by atoms with E-state index in [-0.39, 0.29) is 24.5 Å². The molecule has 1 aromatic carbocycles. The van der Waals surface area contributed by atoms with Crippen LogP contribution in [0, 0.1) is 17.2 Å². The molecule has 2 atom stereocenters. The van der Waals surface area contributed by atoms with Gasteiger partial charge in [-0.3, -0.25) is 4.79 Å². The van der Waals surface area contributed by atoms with Crippen molar-refractivity contribution in [1.82, 2.24) is 4.90 Å². The fourth-order valence-corrected chi connectivity index (χ4v) is 2.76. The van der Waals surface area contributed by atoms with Gasteiger partial charge in [0.25, 0.3) is 0 Å². The molecule has 1 aromatic rings. The molecule has 122 valence electrons. The molecule has 2 unspecified atom stereocenters. The van der Waals surface area contributed by atoms with E-state index in [9.17, 15) is 9.90 Å². The van der Waals surface area contributed by atoms with Crippen LogP contribution in [0.5, 0.6) is 5.75 Å². The van der Waals surface area contributed by atoms with Crippen molar-refractivity contribution in [3.8, 4) is 11.8 Å². The zero-order chi connectivity index (χ0) is 16.7. The Labute approximate surface area is 136 Å². The SMILES string of the molecule is CN(CC1CCCC1O)C(=O)/C=C/c1ccc(OCC#N)cc1. The van der Waals surface area contributed by atoms with Gasteiger partial charge in [0.2, 0.25) is 5.91 Å². The van der Waals surface area contributed by atoms with Gasteiger partial charge in [-0.1, -0.05) is 18.6 Å². The first-order valence-corrected chi connectivity index (χ1v) is 7.81. The highest BCUT2D eigenvalue weighted by Crippen LogP contribution is 2.26. The third-order valence-electron chi connectivity index (χ3n) is 4.11. The zero-order valence-corrected chi connectivity index (χ0v) is 13.3. The van der Waals surface area contributed by atoms with Gasteiger partial charge in [0.05, 0.1) is 6.10 Å². The van der Waals surface area contributed by atoms with Gasteiger partial charge in [0.1, 0.15) is 11.8 Å². The van der Waals surface area contributed by atoms with E-state index >= 15 is 0 Å². The molecule has 23 heavy (non-hydrogen) atoms. The van der Waals surface area contributed by atoms with Crippen LogP contribution in [0.25, 0.3) is 6.08 Å². The molecule has 0 saturated heterocycles. The van der Waals surface area contributed by atoms with Crippen LogP contribution in [0.2, 0.25) is 0 Å². The lowest BCUT2D eigenvalue weighted by Gasteiger charge is -2.22. The van der Waals surface area contributed by atoms with Crippen LogP contribution >= 0.6 is 0 Å². The van der Waals surface area contributed by atoms with E-state index in [1.165, 1.54) is 6.08 Å². The number of carbonyl (C=O) groups excluding carboxylic acids is 1. The Hall–Kier alpha value is -2.32. The highest BCUT2D eigenvalue weighted by Gasteiger charge is 2.26. The third kappa shape index (κ3) is 5.11. The number of nitriles is 1. The molecule has 0 radical (unpaired) electrons. The van der Waals surface area contributed by atoms with Crippen LogP contribution in [0.4, 0.5) is 0 Å². The fourth-order valence-electron chi connectivity index (χ4n) is 2.76. The second kappa shape index (κ2) is 8.35. The first-order chi connectivity index (χ1) is 11.1. The molecule has 1 aliphatic rings. The molecule has 0 aromatic heterocycles. The highest BCUT2D eigenvalue weighted by atomic mass is 16.5. The smallest absolute Gasteiger partial charge is 0.246 e. The highest BCUT2D eigenvalue weighted by molar-refractivity contribution is 5.91. The summed E-state index contributed by atoms with van der Waals surface area (Å²) in [6.07, 6.45) is 5.85. The number of amides is 1. The number of rotatable bonds is 6. The summed E-state index contributed by atoms with van der Waals surface area (Å²) in [6, 6.07) is 9.10. The summed E-state index contributed by atoms with van der Waals surface area (Å²) < 4.78 is 5.17. The molecule has 0 heterocycles. The Morgan fingerprint density at radius 2 is 2.17 bits per heavy atom. The molecule has 1 N–H and O–H groups in total. The second-order valence-electron chi connectivity index (χ2n) is 5.83. The maximum atomic E-state index is 12.1. The van der Waals surface area contributed by atoms with E-state index < -0.39 is 0 Å². The van der Waals surface area contributed by atoms with E-state index in [0.29, 0.717) is 12.3 Å². The molecule has 1 aliphatic carbocycles. The predicted octanol–water partition coefficient (Wildman–Crippen LogP) is 2.22. The minimum Gasteiger partial charge on any atom is -0.479 e. The first-order valence-electron chi connectivity index (χ1n) is 7.81. The van der Waals surface area contributed by atoms with Crippen molar-refractivity contribution in [2.75, 3.05) is 20.2 Å². The Kier molecular flexibility index (Phi) is 6.19. The van der Waals surface area contributed by atoms with Gasteiger partial charge in [-0.15, -0.1) is 0 Å². The van der Waals surface area contributed by atoms with Gasteiger partial charge in [-0.2, -0.15) is 5.26 Å². The van der Waals surface area contributed by atoms with E-state index in [2.05, 4.69) is 0 Å². The number of aliphatic hydroxyl groups excluding tert-OH is 1. The van der Waals surface area contributed by atoms with E-state index in [0.717, 1.165) is 24.8 Å². The molecular formula is C18H22N2O3. The topological polar surface area (TPSA) is 73.6 Å².